The van der Waals surface area contributed by atoms with E-state index in [4.69, 9.17) is 9.15 Å². The number of rotatable bonds is 7. The van der Waals surface area contributed by atoms with E-state index in [1.807, 2.05) is 80.6 Å². The van der Waals surface area contributed by atoms with Crippen molar-refractivity contribution in [2.24, 2.45) is 5.92 Å². The summed E-state index contributed by atoms with van der Waals surface area (Å²) >= 11 is 0. The van der Waals surface area contributed by atoms with Crippen LogP contribution in [0.1, 0.15) is 64.7 Å². The monoisotopic (exact) mass is 481 g/mol. The van der Waals surface area contributed by atoms with Crippen LogP contribution in [-0.4, -0.2) is 17.4 Å². The summed E-state index contributed by atoms with van der Waals surface area (Å²) in [5, 5.41) is 0.509. The van der Waals surface area contributed by atoms with Crippen LogP contribution in [0.25, 0.3) is 11.0 Å². The molecule has 36 heavy (non-hydrogen) atoms. The number of ether oxygens (including phenoxy) is 1. The third-order valence-electron chi connectivity index (χ3n) is 6.73. The van der Waals surface area contributed by atoms with Crippen LogP contribution in [0.15, 0.2) is 75.9 Å². The topological polar surface area (TPSA) is 59.8 Å². The fourth-order valence-corrected chi connectivity index (χ4v) is 4.95. The molecule has 0 spiro atoms. The number of fused-ring (bicyclic) bond motifs is 2. The smallest absolute Gasteiger partial charge is 0.291 e. The molecule has 3 aromatic carbocycles. The van der Waals surface area contributed by atoms with Crippen LogP contribution in [0.4, 0.5) is 0 Å². The molecule has 1 atom stereocenters. The predicted octanol–water partition coefficient (Wildman–Crippen LogP) is 6.58. The summed E-state index contributed by atoms with van der Waals surface area (Å²) in [4.78, 5) is 29.4. The highest BCUT2D eigenvalue weighted by atomic mass is 16.5. The van der Waals surface area contributed by atoms with Crippen LogP contribution in [0.2, 0.25) is 0 Å². The number of amides is 1. The molecule has 184 valence electrons. The second-order valence-corrected chi connectivity index (χ2v) is 10.1. The second kappa shape index (κ2) is 9.65. The third kappa shape index (κ3) is 4.41. The molecule has 1 aliphatic rings. The Hall–Kier alpha value is -3.86. The van der Waals surface area contributed by atoms with Crippen molar-refractivity contribution in [2.45, 2.75) is 46.7 Å². The van der Waals surface area contributed by atoms with Crippen LogP contribution in [-0.2, 0) is 6.54 Å². The number of carbonyl (C=O) groups is 1. The lowest BCUT2D eigenvalue weighted by molar-refractivity contribution is 0.0714. The van der Waals surface area contributed by atoms with Crippen LogP contribution < -0.4 is 10.2 Å². The average molecular weight is 482 g/mol. The molecule has 4 aromatic rings. The van der Waals surface area contributed by atoms with E-state index in [9.17, 15) is 9.59 Å². The van der Waals surface area contributed by atoms with Crippen molar-refractivity contribution in [1.82, 2.24) is 4.90 Å². The van der Waals surface area contributed by atoms with Crippen molar-refractivity contribution >= 4 is 16.9 Å². The normalized spacial score (nSPS) is 15.1. The summed E-state index contributed by atoms with van der Waals surface area (Å²) in [6, 6.07) is 20.8. The lowest BCUT2D eigenvalue weighted by atomic mass is 9.97. The molecular formula is C31H31NO4. The summed E-state index contributed by atoms with van der Waals surface area (Å²) < 4.78 is 12.2. The van der Waals surface area contributed by atoms with Gasteiger partial charge in [-0.2, -0.15) is 0 Å². The van der Waals surface area contributed by atoms with Crippen LogP contribution >= 0.6 is 0 Å². The fraction of sp³-hybridized carbons (Fsp3) is 0.290. The first kappa shape index (κ1) is 23.9. The molecule has 0 N–H and O–H groups in total. The summed E-state index contributed by atoms with van der Waals surface area (Å²) in [7, 11) is 0. The van der Waals surface area contributed by atoms with Gasteiger partial charge in [-0.05, 0) is 66.6 Å². The molecule has 1 amide bonds. The molecule has 5 heteroatoms. The van der Waals surface area contributed by atoms with Gasteiger partial charge in [-0.1, -0.05) is 62.4 Å². The summed E-state index contributed by atoms with van der Waals surface area (Å²) in [6.07, 6.45) is 0.948. The minimum Gasteiger partial charge on any atom is -0.494 e. The molecular weight excluding hydrogens is 450 g/mol. The zero-order valence-electron chi connectivity index (χ0n) is 21.2. The predicted molar refractivity (Wildman–Crippen MR) is 142 cm³/mol. The molecule has 0 fully saturated rings. The largest absolute Gasteiger partial charge is 0.494 e. The highest BCUT2D eigenvalue weighted by Crippen LogP contribution is 2.40. The van der Waals surface area contributed by atoms with E-state index in [0.29, 0.717) is 35.6 Å². The summed E-state index contributed by atoms with van der Waals surface area (Å²) in [5.74, 6) is 1.12. The Bertz CT molecular complexity index is 1490. The maximum atomic E-state index is 13.9. The quantitative estimate of drug-likeness (QED) is 0.299. The van der Waals surface area contributed by atoms with Gasteiger partial charge < -0.3 is 14.1 Å². The number of carbonyl (C=O) groups excluding carboxylic acids is 1. The van der Waals surface area contributed by atoms with Crippen molar-refractivity contribution in [3.63, 3.8) is 0 Å². The first-order valence-corrected chi connectivity index (χ1v) is 12.5. The zero-order valence-corrected chi connectivity index (χ0v) is 21.2. The number of nitrogens with zero attached hydrogens (tertiary/aromatic N) is 1. The number of benzene rings is 3. The molecule has 1 unspecified atom stereocenters. The first-order valence-electron chi connectivity index (χ1n) is 12.5. The Morgan fingerprint density at radius 3 is 2.50 bits per heavy atom. The lowest BCUT2D eigenvalue weighted by Crippen LogP contribution is -2.29. The molecule has 5 nitrogen and oxygen atoms in total. The van der Waals surface area contributed by atoms with Gasteiger partial charge in [0.25, 0.3) is 5.91 Å². The Labute approximate surface area is 211 Å². The van der Waals surface area contributed by atoms with E-state index in [1.165, 1.54) is 0 Å². The Kier molecular flexibility index (Phi) is 6.40. The first-order chi connectivity index (χ1) is 17.3. The Morgan fingerprint density at radius 1 is 0.972 bits per heavy atom. The van der Waals surface area contributed by atoms with Crippen LogP contribution in [0, 0.1) is 19.8 Å². The molecule has 0 radical (unpaired) electrons. The highest BCUT2D eigenvalue weighted by Gasteiger charge is 2.43. The maximum Gasteiger partial charge on any atom is 0.291 e. The summed E-state index contributed by atoms with van der Waals surface area (Å²) in [5.41, 5.74) is 4.36. The molecule has 1 aliphatic heterocycles. The molecule has 0 bridgehead atoms. The van der Waals surface area contributed by atoms with Gasteiger partial charge in [-0.3, -0.25) is 9.59 Å². The van der Waals surface area contributed by atoms with Gasteiger partial charge in [0.2, 0.25) is 5.76 Å². The number of hydrogen-bond donors (Lipinski definition) is 0. The standard InChI is InChI=1S/C31H31NO4/c1-19(2)13-14-35-24-12-8-11-23(17-24)27-26-28(33)25-16-20(3)15-21(4)29(25)36-30(26)31(34)32(27)18-22-9-6-5-7-10-22/h5-12,15-17,19,27H,13-14,18H2,1-4H3. The van der Waals surface area contributed by atoms with E-state index in [1.54, 1.807) is 4.90 Å². The van der Waals surface area contributed by atoms with Gasteiger partial charge in [0, 0.05) is 6.54 Å². The van der Waals surface area contributed by atoms with Crippen LogP contribution in [0.5, 0.6) is 5.75 Å². The van der Waals surface area contributed by atoms with Gasteiger partial charge in [0.1, 0.15) is 11.3 Å². The molecule has 1 aromatic heterocycles. The second-order valence-electron chi connectivity index (χ2n) is 10.1. The minimum atomic E-state index is -0.567. The van der Waals surface area contributed by atoms with E-state index in [0.717, 1.165) is 34.4 Å². The minimum absolute atomic E-state index is 0.131. The molecule has 5 rings (SSSR count). The number of hydrogen-bond acceptors (Lipinski definition) is 4. The van der Waals surface area contributed by atoms with Crippen LogP contribution in [0.3, 0.4) is 0 Å². The average Bonchev–Trinajstić information content (AvgIpc) is 3.12. The van der Waals surface area contributed by atoms with Gasteiger partial charge >= 0.3 is 0 Å². The van der Waals surface area contributed by atoms with Gasteiger partial charge in [0.15, 0.2) is 5.43 Å². The fourth-order valence-electron chi connectivity index (χ4n) is 4.95. The molecule has 0 saturated heterocycles. The molecule has 0 aliphatic carbocycles. The molecule has 0 saturated carbocycles. The van der Waals surface area contributed by atoms with Crippen molar-refractivity contribution in [1.29, 1.82) is 0 Å². The van der Waals surface area contributed by atoms with Crippen molar-refractivity contribution < 1.29 is 13.9 Å². The third-order valence-corrected chi connectivity index (χ3v) is 6.73. The van der Waals surface area contributed by atoms with E-state index >= 15 is 0 Å². The highest BCUT2D eigenvalue weighted by molar-refractivity contribution is 5.99. The van der Waals surface area contributed by atoms with E-state index < -0.39 is 6.04 Å². The Morgan fingerprint density at radius 2 is 1.75 bits per heavy atom. The van der Waals surface area contributed by atoms with Crippen molar-refractivity contribution in [3.05, 3.63) is 111 Å². The lowest BCUT2D eigenvalue weighted by Gasteiger charge is -2.25. The van der Waals surface area contributed by atoms with Gasteiger partial charge in [0.05, 0.1) is 23.6 Å². The van der Waals surface area contributed by atoms with Crippen molar-refractivity contribution in [3.8, 4) is 5.75 Å². The summed E-state index contributed by atoms with van der Waals surface area (Å²) in [6.45, 7) is 9.16. The molecule has 2 heterocycles. The van der Waals surface area contributed by atoms with Crippen molar-refractivity contribution in [2.75, 3.05) is 6.61 Å². The number of aryl methyl sites for hydroxylation is 2. The SMILES string of the molecule is Cc1cc(C)c2oc3c(c(=O)c2c1)C(c1cccc(OCCC(C)C)c1)N(Cc1ccccc1)C3=O. The zero-order chi connectivity index (χ0) is 25.4. The van der Waals surface area contributed by atoms with Gasteiger partial charge in [-0.25, -0.2) is 0 Å². The van der Waals surface area contributed by atoms with Gasteiger partial charge in [-0.15, -0.1) is 0 Å². The maximum absolute atomic E-state index is 13.9. The van der Waals surface area contributed by atoms with E-state index in [-0.39, 0.29) is 17.1 Å². The van der Waals surface area contributed by atoms with E-state index in [2.05, 4.69) is 13.8 Å². The Balaban J connectivity index is 1.65.